The summed E-state index contributed by atoms with van der Waals surface area (Å²) in [6.45, 7) is 1.68. The van der Waals surface area contributed by atoms with E-state index in [0.29, 0.717) is 5.69 Å². The second kappa shape index (κ2) is 4.93. The maximum Gasteiger partial charge on any atom is 0.341 e. The Morgan fingerprint density at radius 3 is 2.61 bits per heavy atom. The summed E-state index contributed by atoms with van der Waals surface area (Å²) in [5, 5.41) is 10.9. The van der Waals surface area contributed by atoms with E-state index in [2.05, 4.69) is 15.9 Å². The molecule has 1 aromatic rings. The third kappa shape index (κ3) is 2.05. The number of ether oxygens (including phenoxy) is 1. The van der Waals surface area contributed by atoms with Crippen LogP contribution in [0, 0.1) is 10.1 Å². The smallest absolute Gasteiger partial charge is 0.341 e. The summed E-state index contributed by atoms with van der Waals surface area (Å²) in [4.78, 5) is 24.1. The summed E-state index contributed by atoms with van der Waals surface area (Å²) < 4.78 is 4.86. The molecule has 2 rings (SSSR count). The van der Waals surface area contributed by atoms with Crippen molar-refractivity contribution in [1.82, 2.24) is 0 Å². The largest absolute Gasteiger partial charge is 0.465 e. The second-order valence-corrected chi connectivity index (χ2v) is 4.68. The van der Waals surface area contributed by atoms with Gasteiger partial charge in [0.2, 0.25) is 0 Å². The van der Waals surface area contributed by atoms with E-state index in [9.17, 15) is 14.9 Å². The lowest BCUT2D eigenvalue weighted by Crippen LogP contribution is -2.38. The number of carbonyl (C=O) groups is 1. The van der Waals surface area contributed by atoms with Crippen LogP contribution in [-0.2, 0) is 4.74 Å². The Bertz CT molecular complexity index is 514. The van der Waals surface area contributed by atoms with Crippen LogP contribution >= 0.6 is 15.9 Å². The molecule has 0 saturated carbocycles. The number of nitrogens with zero attached hydrogens (tertiary/aromatic N) is 2. The summed E-state index contributed by atoms with van der Waals surface area (Å²) in [6.07, 6.45) is 1.05. The molecule has 0 aliphatic carbocycles. The Labute approximate surface area is 112 Å². The number of nitro groups is 1. The number of hydrogen-bond donors (Lipinski definition) is 0. The molecule has 0 amide bonds. The first kappa shape index (κ1) is 12.8. The van der Waals surface area contributed by atoms with E-state index in [1.165, 1.54) is 13.2 Å². The highest BCUT2D eigenvalue weighted by atomic mass is 79.9. The van der Waals surface area contributed by atoms with Crippen molar-refractivity contribution >= 4 is 33.3 Å². The first-order valence-electron chi connectivity index (χ1n) is 5.36. The lowest BCUT2D eigenvalue weighted by atomic mass is 10.1. The molecule has 0 spiro atoms. The van der Waals surface area contributed by atoms with Gasteiger partial charge in [0.25, 0.3) is 5.69 Å². The third-order valence-electron chi connectivity index (χ3n) is 2.88. The van der Waals surface area contributed by atoms with Gasteiger partial charge >= 0.3 is 5.97 Å². The van der Waals surface area contributed by atoms with Gasteiger partial charge in [0.15, 0.2) is 0 Å². The summed E-state index contributed by atoms with van der Waals surface area (Å²) in [5.74, 6) is -0.576. The van der Waals surface area contributed by atoms with E-state index >= 15 is 0 Å². The molecule has 0 unspecified atom stereocenters. The highest BCUT2D eigenvalue weighted by Crippen LogP contribution is 2.37. The summed E-state index contributed by atoms with van der Waals surface area (Å²) >= 11 is 3.13. The molecule has 1 aliphatic heterocycles. The molecule has 0 radical (unpaired) electrons. The SMILES string of the molecule is COC(=O)c1c(N2CCC2)ccc([N+](=O)[O-])c1Br. The maximum absolute atomic E-state index is 11.8. The molecule has 1 fully saturated rings. The number of methoxy groups -OCH3 is 1. The van der Waals surface area contributed by atoms with Crippen LogP contribution in [0.25, 0.3) is 0 Å². The molecule has 0 N–H and O–H groups in total. The van der Waals surface area contributed by atoms with E-state index < -0.39 is 10.9 Å². The Morgan fingerprint density at radius 1 is 1.50 bits per heavy atom. The van der Waals surface area contributed by atoms with Gasteiger partial charge in [-0.15, -0.1) is 0 Å². The van der Waals surface area contributed by atoms with Gasteiger partial charge in [-0.25, -0.2) is 4.79 Å². The van der Waals surface area contributed by atoms with Crippen LogP contribution < -0.4 is 4.90 Å². The zero-order valence-electron chi connectivity index (χ0n) is 9.68. The highest BCUT2D eigenvalue weighted by molar-refractivity contribution is 9.10. The standard InChI is InChI=1S/C11H11BrN2O4/c1-18-11(15)9-7(13-5-2-6-13)3-4-8(10(9)12)14(16)17/h3-4H,2,5-6H2,1H3. The van der Waals surface area contributed by atoms with Crippen molar-refractivity contribution in [3.63, 3.8) is 0 Å². The Morgan fingerprint density at radius 2 is 2.17 bits per heavy atom. The van der Waals surface area contributed by atoms with Gasteiger partial charge in [0.1, 0.15) is 10.0 Å². The molecule has 1 aliphatic rings. The van der Waals surface area contributed by atoms with Gasteiger partial charge < -0.3 is 9.64 Å². The molecular weight excluding hydrogens is 304 g/mol. The summed E-state index contributed by atoms with van der Waals surface area (Å²) in [5.41, 5.74) is 0.747. The molecule has 1 aromatic carbocycles. The van der Waals surface area contributed by atoms with Crippen molar-refractivity contribution < 1.29 is 14.5 Å². The van der Waals surface area contributed by atoms with Gasteiger partial charge in [-0.05, 0) is 28.4 Å². The molecule has 1 saturated heterocycles. The minimum Gasteiger partial charge on any atom is -0.465 e. The van der Waals surface area contributed by atoms with E-state index in [-0.39, 0.29) is 15.7 Å². The van der Waals surface area contributed by atoms with Crippen LogP contribution in [0.5, 0.6) is 0 Å². The zero-order chi connectivity index (χ0) is 13.3. The number of esters is 1. The van der Waals surface area contributed by atoms with Gasteiger partial charge in [0, 0.05) is 19.2 Å². The number of nitro benzene ring substituents is 1. The molecule has 0 bridgehead atoms. The first-order valence-corrected chi connectivity index (χ1v) is 6.15. The molecule has 18 heavy (non-hydrogen) atoms. The van der Waals surface area contributed by atoms with Gasteiger partial charge in [0.05, 0.1) is 17.7 Å². The van der Waals surface area contributed by atoms with E-state index in [0.717, 1.165) is 19.5 Å². The van der Waals surface area contributed by atoms with Crippen molar-refractivity contribution in [2.45, 2.75) is 6.42 Å². The minimum atomic E-state index is -0.576. The van der Waals surface area contributed by atoms with Gasteiger partial charge in [-0.3, -0.25) is 10.1 Å². The lowest BCUT2D eigenvalue weighted by Gasteiger charge is -2.34. The molecule has 7 heteroatoms. The summed E-state index contributed by atoms with van der Waals surface area (Å²) in [6, 6.07) is 2.98. The molecule has 1 heterocycles. The lowest BCUT2D eigenvalue weighted by molar-refractivity contribution is -0.385. The van der Waals surface area contributed by atoms with Crippen molar-refractivity contribution in [2.24, 2.45) is 0 Å². The normalized spacial score (nSPS) is 14.0. The average molecular weight is 315 g/mol. The number of rotatable bonds is 3. The summed E-state index contributed by atoms with van der Waals surface area (Å²) in [7, 11) is 1.26. The number of carbonyl (C=O) groups excluding carboxylic acids is 1. The van der Waals surface area contributed by atoms with Crippen LogP contribution in [0.4, 0.5) is 11.4 Å². The molecule has 0 atom stereocenters. The van der Waals surface area contributed by atoms with Gasteiger partial charge in [-0.1, -0.05) is 0 Å². The first-order chi connectivity index (χ1) is 8.56. The van der Waals surface area contributed by atoms with Crippen molar-refractivity contribution in [2.75, 3.05) is 25.1 Å². The van der Waals surface area contributed by atoms with Gasteiger partial charge in [-0.2, -0.15) is 0 Å². The van der Waals surface area contributed by atoms with Crippen LogP contribution in [0.3, 0.4) is 0 Å². The van der Waals surface area contributed by atoms with Crippen molar-refractivity contribution in [3.8, 4) is 0 Å². The van der Waals surface area contributed by atoms with E-state index in [4.69, 9.17) is 4.74 Å². The minimum absolute atomic E-state index is 0.139. The van der Waals surface area contributed by atoms with E-state index in [1.54, 1.807) is 6.07 Å². The topological polar surface area (TPSA) is 72.7 Å². The quantitative estimate of drug-likeness (QED) is 0.486. The fourth-order valence-corrected chi connectivity index (χ4v) is 2.45. The molecule has 0 aromatic heterocycles. The van der Waals surface area contributed by atoms with Crippen molar-refractivity contribution in [1.29, 1.82) is 0 Å². The average Bonchev–Trinajstić information content (AvgIpc) is 2.25. The van der Waals surface area contributed by atoms with Crippen LogP contribution in [-0.4, -0.2) is 31.1 Å². The van der Waals surface area contributed by atoms with Crippen molar-refractivity contribution in [3.05, 3.63) is 32.3 Å². The predicted molar refractivity (Wildman–Crippen MR) is 69.0 cm³/mol. The van der Waals surface area contributed by atoms with Crippen LogP contribution in [0.2, 0.25) is 0 Å². The molecular formula is C11H11BrN2O4. The Hall–Kier alpha value is -1.63. The maximum atomic E-state index is 11.8. The zero-order valence-corrected chi connectivity index (χ0v) is 11.3. The number of benzene rings is 1. The monoisotopic (exact) mass is 314 g/mol. The number of hydrogen-bond acceptors (Lipinski definition) is 5. The molecule has 96 valence electrons. The molecule has 6 nitrogen and oxygen atoms in total. The fraction of sp³-hybridized carbons (Fsp3) is 0.364. The fourth-order valence-electron chi connectivity index (χ4n) is 1.81. The Kier molecular flexibility index (Phi) is 3.51. The van der Waals surface area contributed by atoms with Crippen LogP contribution in [0.1, 0.15) is 16.8 Å². The third-order valence-corrected chi connectivity index (χ3v) is 3.69. The number of anilines is 1. The number of halogens is 1. The van der Waals surface area contributed by atoms with Crippen LogP contribution in [0.15, 0.2) is 16.6 Å². The second-order valence-electron chi connectivity index (χ2n) is 3.88. The highest BCUT2D eigenvalue weighted by Gasteiger charge is 2.28. The van der Waals surface area contributed by atoms with E-state index in [1.807, 2.05) is 4.90 Å². The Balaban J connectivity index is 2.57. The predicted octanol–water partition coefficient (Wildman–Crippen LogP) is 2.35.